The Hall–Kier alpha value is -6.14. The van der Waals surface area contributed by atoms with Crippen LogP contribution in [0.3, 0.4) is 0 Å². The number of hydrogen-bond acceptors (Lipinski definition) is 12. The summed E-state index contributed by atoms with van der Waals surface area (Å²) < 4.78 is 69.4. The zero-order valence-corrected chi connectivity index (χ0v) is 24.2. The summed E-state index contributed by atoms with van der Waals surface area (Å²) in [6.07, 6.45) is 0.954. The molecule has 3 aromatic heterocycles. The van der Waals surface area contributed by atoms with E-state index in [0.29, 0.717) is 22.3 Å². The van der Waals surface area contributed by atoms with Crippen LogP contribution in [-0.2, 0) is 20.2 Å². The van der Waals surface area contributed by atoms with Crippen molar-refractivity contribution in [3.8, 4) is 23.0 Å². The van der Waals surface area contributed by atoms with Gasteiger partial charge in [-0.2, -0.15) is 32.3 Å². The zero-order chi connectivity index (χ0) is 33.0. The third kappa shape index (κ3) is 5.16. The molecule has 0 saturated carbocycles. The monoisotopic (exact) mass is 661 g/mol. The maximum Gasteiger partial charge on any atom is 0.296 e. The molecule has 3 aromatic carbocycles. The number of para-hydroxylation sites is 1. The Bertz CT molecular complexity index is 2620. The smallest absolute Gasteiger partial charge is 0.296 e. The summed E-state index contributed by atoms with van der Waals surface area (Å²) in [5, 5.41) is 38.3. The Morgan fingerprint density at radius 3 is 2.43 bits per heavy atom. The summed E-state index contributed by atoms with van der Waals surface area (Å²) in [5.41, 5.74) is -1.33. The van der Waals surface area contributed by atoms with E-state index in [1.807, 2.05) is 0 Å². The predicted molar refractivity (Wildman–Crippen MR) is 157 cm³/mol. The van der Waals surface area contributed by atoms with Crippen LogP contribution in [0.1, 0.15) is 5.56 Å². The minimum Gasteiger partial charge on any atom is -0.304 e. The highest BCUT2D eigenvalue weighted by atomic mass is 32.2. The minimum absolute atomic E-state index is 0.00877. The lowest BCUT2D eigenvalue weighted by Gasteiger charge is -2.10. The van der Waals surface area contributed by atoms with E-state index in [2.05, 4.69) is 25.4 Å². The van der Waals surface area contributed by atoms with Crippen LogP contribution in [0.4, 0.5) is 17.2 Å². The topological polar surface area (TPSA) is 268 Å². The molecule has 46 heavy (non-hydrogen) atoms. The Morgan fingerprint density at radius 2 is 1.74 bits per heavy atom. The molecule has 0 radical (unpaired) electrons. The van der Waals surface area contributed by atoms with Gasteiger partial charge < -0.3 is 4.98 Å². The first-order valence-electron chi connectivity index (χ1n) is 12.6. The van der Waals surface area contributed by atoms with Gasteiger partial charge >= 0.3 is 0 Å². The molecule has 0 saturated heterocycles. The van der Waals surface area contributed by atoms with Crippen molar-refractivity contribution < 1.29 is 30.9 Å². The third-order valence-electron chi connectivity index (χ3n) is 6.64. The van der Waals surface area contributed by atoms with E-state index in [0.717, 1.165) is 12.3 Å². The fourth-order valence-corrected chi connectivity index (χ4v) is 5.76. The van der Waals surface area contributed by atoms with Crippen molar-refractivity contribution in [1.29, 1.82) is 5.26 Å². The van der Waals surface area contributed by atoms with E-state index >= 15 is 0 Å². The van der Waals surface area contributed by atoms with Gasteiger partial charge in [-0.3, -0.25) is 24.0 Å². The number of nitriles is 1. The first-order valence-corrected chi connectivity index (χ1v) is 15.4. The van der Waals surface area contributed by atoms with Crippen LogP contribution >= 0.6 is 0 Å². The molecule has 0 aliphatic heterocycles. The molecule has 0 fully saturated rings. The number of aromatic amines is 1. The highest BCUT2D eigenvalue weighted by molar-refractivity contribution is 7.86. The fourth-order valence-electron chi connectivity index (χ4n) is 4.61. The summed E-state index contributed by atoms with van der Waals surface area (Å²) in [5.74, 6) is -0.465. The minimum atomic E-state index is -5.03. The summed E-state index contributed by atoms with van der Waals surface area (Å²) >= 11 is 0. The Morgan fingerprint density at radius 1 is 0.978 bits per heavy atom. The van der Waals surface area contributed by atoms with Crippen LogP contribution < -0.4 is 5.56 Å². The Balaban J connectivity index is 1.64. The van der Waals surface area contributed by atoms with Crippen LogP contribution in [0.25, 0.3) is 33.5 Å². The number of fused-ring (bicyclic) bond motifs is 3. The molecule has 6 rings (SSSR count). The summed E-state index contributed by atoms with van der Waals surface area (Å²) in [6.45, 7) is 0. The molecule has 0 amide bonds. The van der Waals surface area contributed by atoms with Gasteiger partial charge in [0.1, 0.15) is 22.2 Å². The highest BCUT2D eigenvalue weighted by Gasteiger charge is 2.25. The van der Waals surface area contributed by atoms with Gasteiger partial charge in [0.2, 0.25) is 0 Å². The lowest BCUT2D eigenvalue weighted by atomic mass is 10.1. The second-order valence-corrected chi connectivity index (χ2v) is 12.2. The van der Waals surface area contributed by atoms with E-state index < -0.39 is 52.0 Å². The lowest BCUT2D eigenvalue weighted by molar-refractivity contribution is -0.384. The predicted octanol–water partition coefficient (Wildman–Crippen LogP) is 3.72. The van der Waals surface area contributed by atoms with Crippen LogP contribution in [0.5, 0.6) is 0 Å². The van der Waals surface area contributed by atoms with Gasteiger partial charge in [-0.25, -0.2) is 9.20 Å². The summed E-state index contributed by atoms with van der Waals surface area (Å²) in [7, 11) is -9.90. The molecule has 0 bridgehead atoms. The van der Waals surface area contributed by atoms with Crippen molar-refractivity contribution in [2.75, 3.05) is 0 Å². The maximum absolute atomic E-state index is 13.0. The number of non-ortho nitro benzene ring substituents is 1. The number of aromatic nitrogens is 5. The van der Waals surface area contributed by atoms with E-state index in [-0.39, 0.29) is 39.2 Å². The van der Waals surface area contributed by atoms with Gasteiger partial charge in [0.15, 0.2) is 17.2 Å². The number of H-pyrrole nitrogens is 1. The van der Waals surface area contributed by atoms with Gasteiger partial charge in [0.05, 0.1) is 32.6 Å². The Labute approximate surface area is 256 Å². The number of azo groups is 1. The SMILES string of the molecule is N#Cc1cnn(-c2cc(S(=O)(=O)O)ccc2S(=O)(=O)O)c1/N=N/c1c(-c2cccc([N+](=O)[O-])c2)nn2c1[nH]c(=O)c1ccccc12. The quantitative estimate of drug-likeness (QED) is 0.0956. The largest absolute Gasteiger partial charge is 0.304 e. The Kier molecular flexibility index (Phi) is 7.01. The maximum atomic E-state index is 13.0. The zero-order valence-electron chi connectivity index (χ0n) is 22.6. The first-order chi connectivity index (χ1) is 21.8. The summed E-state index contributed by atoms with van der Waals surface area (Å²) in [6, 6.07) is 15.7. The molecule has 0 unspecified atom stereocenters. The number of benzene rings is 3. The number of nitro groups is 1. The van der Waals surface area contributed by atoms with E-state index in [4.69, 9.17) is 0 Å². The average molecular weight is 662 g/mol. The molecule has 18 nitrogen and oxygen atoms in total. The molecule has 0 aliphatic rings. The standard InChI is InChI=1S/C26H15N9O9S2/c27-12-15-13-28-33(20-11-17(45(39,40)41)8-9-21(20)46(42,43)44)24(15)31-30-23-22(14-4-3-5-16(10-14)35(37)38)32-34-19-7-2-1-6-18(19)26(36)29-25(23)34/h1-11,13H,(H,29,36)(H,39,40,41)(H,42,43,44)/b31-30+. The number of nitrogens with zero attached hydrogens (tertiary/aromatic N) is 8. The molecule has 230 valence electrons. The lowest BCUT2D eigenvalue weighted by Crippen LogP contribution is -2.09. The van der Waals surface area contributed by atoms with Gasteiger partial charge in [-0.15, -0.1) is 10.2 Å². The molecular formula is C26H15N9O9S2. The molecule has 0 aliphatic carbocycles. The van der Waals surface area contributed by atoms with Crippen molar-refractivity contribution >= 4 is 54.0 Å². The third-order valence-corrected chi connectivity index (χ3v) is 8.39. The van der Waals surface area contributed by atoms with Crippen LogP contribution in [-0.4, -0.2) is 55.2 Å². The molecule has 3 heterocycles. The van der Waals surface area contributed by atoms with Gasteiger partial charge in [0, 0.05) is 17.7 Å². The molecular weight excluding hydrogens is 646 g/mol. The molecule has 0 atom stereocenters. The second-order valence-electron chi connectivity index (χ2n) is 9.42. The fraction of sp³-hybridized carbons (Fsp3) is 0. The molecule has 0 spiro atoms. The summed E-state index contributed by atoms with van der Waals surface area (Å²) in [4.78, 5) is 24.9. The number of rotatable bonds is 7. The van der Waals surface area contributed by atoms with Crippen molar-refractivity contribution in [3.63, 3.8) is 0 Å². The van der Waals surface area contributed by atoms with E-state index in [1.54, 1.807) is 30.3 Å². The molecule has 20 heteroatoms. The van der Waals surface area contributed by atoms with Crippen LogP contribution in [0.15, 0.2) is 97.7 Å². The van der Waals surface area contributed by atoms with E-state index in [9.17, 15) is 46.1 Å². The van der Waals surface area contributed by atoms with Crippen LogP contribution in [0, 0.1) is 21.4 Å². The van der Waals surface area contributed by atoms with Gasteiger partial charge in [-0.05, 0) is 30.3 Å². The van der Waals surface area contributed by atoms with Crippen molar-refractivity contribution in [2.45, 2.75) is 9.79 Å². The van der Waals surface area contributed by atoms with Gasteiger partial charge in [0.25, 0.3) is 31.5 Å². The highest BCUT2D eigenvalue weighted by Crippen LogP contribution is 2.37. The van der Waals surface area contributed by atoms with E-state index in [1.165, 1.54) is 28.8 Å². The van der Waals surface area contributed by atoms with Crippen molar-refractivity contribution in [1.82, 2.24) is 24.4 Å². The molecule has 3 N–H and O–H groups in total. The normalized spacial score (nSPS) is 12.2. The number of hydrogen-bond donors (Lipinski definition) is 3. The second kappa shape index (κ2) is 10.8. The van der Waals surface area contributed by atoms with Gasteiger partial charge in [-0.1, -0.05) is 24.3 Å². The first kappa shape index (κ1) is 29.9. The number of nitrogens with one attached hydrogen (secondary N) is 1. The van der Waals surface area contributed by atoms with Crippen molar-refractivity contribution in [2.24, 2.45) is 10.2 Å². The number of nitro benzene ring substituents is 1. The average Bonchev–Trinajstić information content (AvgIpc) is 3.60. The molecule has 6 aromatic rings. The van der Waals surface area contributed by atoms with Crippen LogP contribution in [0.2, 0.25) is 0 Å². The van der Waals surface area contributed by atoms with Crippen molar-refractivity contribution in [3.05, 3.63) is 99.0 Å².